The van der Waals surface area contributed by atoms with Gasteiger partial charge in [-0.15, -0.1) is 0 Å². The molecule has 1 unspecified atom stereocenters. The van der Waals surface area contributed by atoms with Crippen molar-refractivity contribution in [3.8, 4) is 11.5 Å². The third-order valence-electron chi connectivity index (χ3n) is 6.49. The first-order valence-electron chi connectivity index (χ1n) is 11.7. The fourth-order valence-corrected chi connectivity index (χ4v) is 4.69. The quantitative estimate of drug-likeness (QED) is 0.357. The number of nitrogens with one attached hydrogen (secondary N) is 1. The number of carbonyl (C=O) groups excluding carboxylic acids is 1. The van der Waals surface area contributed by atoms with Crippen LogP contribution in [0.3, 0.4) is 0 Å². The minimum absolute atomic E-state index is 0.243. The molecule has 0 saturated carbocycles. The number of likely N-dealkylation sites (N-methyl/N-ethyl adjacent to an activating group) is 1. The summed E-state index contributed by atoms with van der Waals surface area (Å²) in [5.41, 5.74) is 7.51. The Morgan fingerprint density at radius 2 is 1.69 bits per heavy atom. The molecule has 35 heavy (non-hydrogen) atoms. The highest BCUT2D eigenvalue weighted by Crippen LogP contribution is 2.50. The van der Waals surface area contributed by atoms with Crippen LogP contribution in [-0.2, 0) is 11.8 Å². The number of amides is 1. The number of hydrogen-bond acceptors (Lipinski definition) is 5. The maximum Gasteiger partial charge on any atom is 0.271 e. The first kappa shape index (κ1) is 24.1. The minimum atomic E-state index is -0.329. The summed E-state index contributed by atoms with van der Waals surface area (Å²) in [6.45, 7) is 5.18. The van der Waals surface area contributed by atoms with Gasteiger partial charge in [0, 0.05) is 35.1 Å². The number of hydrazone groups is 1. The number of nitrogens with zero attached hydrogens (tertiary/aromatic N) is 2. The van der Waals surface area contributed by atoms with Gasteiger partial charge in [-0.1, -0.05) is 30.3 Å². The lowest BCUT2D eigenvalue weighted by Crippen LogP contribution is -2.31. The molecular formula is C29H31N3O3. The Morgan fingerprint density at radius 3 is 2.34 bits per heavy atom. The van der Waals surface area contributed by atoms with E-state index in [9.17, 15) is 4.79 Å². The molecule has 1 amide bonds. The van der Waals surface area contributed by atoms with Crippen LogP contribution in [-0.4, -0.2) is 32.9 Å². The Labute approximate surface area is 206 Å². The molecule has 180 valence electrons. The second-order valence-corrected chi connectivity index (χ2v) is 8.62. The molecule has 0 fully saturated rings. The van der Waals surface area contributed by atoms with Crippen molar-refractivity contribution < 1.29 is 14.3 Å². The minimum Gasteiger partial charge on any atom is -0.497 e. The number of hydrogen-bond donors (Lipinski definition) is 1. The highest BCUT2D eigenvalue weighted by atomic mass is 16.5. The third-order valence-corrected chi connectivity index (χ3v) is 6.49. The number of anilines is 1. The largest absolute Gasteiger partial charge is 0.497 e. The molecule has 6 nitrogen and oxygen atoms in total. The van der Waals surface area contributed by atoms with E-state index >= 15 is 0 Å². The molecule has 0 aliphatic carbocycles. The summed E-state index contributed by atoms with van der Waals surface area (Å²) in [6.07, 6.45) is 4.43. The van der Waals surface area contributed by atoms with Crippen LogP contribution in [0.1, 0.15) is 35.3 Å². The molecule has 0 aromatic heterocycles. The molecule has 4 rings (SSSR count). The zero-order chi connectivity index (χ0) is 24.8. The van der Waals surface area contributed by atoms with E-state index in [-0.39, 0.29) is 11.3 Å². The van der Waals surface area contributed by atoms with E-state index in [1.807, 2.05) is 42.5 Å². The van der Waals surface area contributed by atoms with E-state index in [2.05, 4.69) is 53.5 Å². The van der Waals surface area contributed by atoms with Crippen molar-refractivity contribution in [1.29, 1.82) is 0 Å². The van der Waals surface area contributed by atoms with Gasteiger partial charge >= 0.3 is 0 Å². The number of benzene rings is 3. The molecule has 3 aromatic rings. The van der Waals surface area contributed by atoms with Gasteiger partial charge in [-0.25, -0.2) is 5.43 Å². The Bertz CT molecular complexity index is 1240. The zero-order valence-corrected chi connectivity index (χ0v) is 20.6. The summed E-state index contributed by atoms with van der Waals surface area (Å²) in [7, 11) is 3.36. The predicted octanol–water partition coefficient (Wildman–Crippen LogP) is 5.34. The van der Waals surface area contributed by atoms with Crippen molar-refractivity contribution in [2.75, 3.05) is 25.7 Å². The highest BCUT2D eigenvalue weighted by Gasteiger charge is 2.43. The maximum absolute atomic E-state index is 12.4. The fourth-order valence-electron chi connectivity index (χ4n) is 4.69. The molecule has 0 bridgehead atoms. The lowest BCUT2D eigenvalue weighted by Gasteiger charge is -2.30. The third kappa shape index (κ3) is 4.92. The Morgan fingerprint density at radius 1 is 1.00 bits per heavy atom. The summed E-state index contributed by atoms with van der Waals surface area (Å²) >= 11 is 0. The molecule has 6 heteroatoms. The summed E-state index contributed by atoms with van der Waals surface area (Å²) in [6, 6.07) is 23.5. The Kier molecular flexibility index (Phi) is 7.20. The second-order valence-electron chi connectivity index (χ2n) is 8.62. The maximum atomic E-state index is 12.4. The van der Waals surface area contributed by atoms with Gasteiger partial charge in [0.1, 0.15) is 11.5 Å². The predicted molar refractivity (Wildman–Crippen MR) is 141 cm³/mol. The molecule has 3 aromatic carbocycles. The number of rotatable bonds is 8. The molecule has 0 saturated heterocycles. The molecule has 0 spiro atoms. The van der Waals surface area contributed by atoms with Crippen LogP contribution in [0.15, 0.2) is 89.7 Å². The molecule has 1 N–H and O–H groups in total. The summed E-state index contributed by atoms with van der Waals surface area (Å²) in [5.74, 6) is 1.42. The average Bonchev–Trinajstić information content (AvgIpc) is 3.13. The van der Waals surface area contributed by atoms with Gasteiger partial charge in [0.05, 0.1) is 14.2 Å². The first-order chi connectivity index (χ1) is 17.0. The van der Waals surface area contributed by atoms with Crippen molar-refractivity contribution in [1.82, 2.24) is 5.43 Å². The van der Waals surface area contributed by atoms with Gasteiger partial charge in [-0.05, 0) is 79.9 Å². The van der Waals surface area contributed by atoms with Gasteiger partial charge in [-0.2, -0.15) is 5.10 Å². The fraction of sp³-hybridized carbons (Fsp3) is 0.241. The van der Waals surface area contributed by atoms with Crippen molar-refractivity contribution in [2.24, 2.45) is 5.10 Å². The van der Waals surface area contributed by atoms with Crippen LogP contribution >= 0.6 is 0 Å². The van der Waals surface area contributed by atoms with E-state index in [4.69, 9.17) is 9.47 Å². The molecule has 1 atom stereocenters. The number of fused-ring (bicyclic) bond motifs is 1. The number of carbonyl (C=O) groups is 1. The van der Waals surface area contributed by atoms with Gasteiger partial charge in [0.25, 0.3) is 5.91 Å². The van der Waals surface area contributed by atoms with Crippen molar-refractivity contribution >= 4 is 17.8 Å². The summed E-state index contributed by atoms with van der Waals surface area (Å²) in [5, 5.41) is 4.20. The van der Waals surface area contributed by atoms with Gasteiger partial charge in [-0.3, -0.25) is 4.79 Å². The normalized spacial score (nSPS) is 18.1. The van der Waals surface area contributed by atoms with Crippen LogP contribution in [0.5, 0.6) is 11.5 Å². The SMILES string of the molecule is CCN1/C(=C\C=N\NC(=O)c2ccccc2)C(C)(Cc2ccc(OC)cc2)c2cc(OC)ccc21. The number of methoxy groups -OCH3 is 2. The number of allylic oxidation sites excluding steroid dienone is 2. The van der Waals surface area contributed by atoms with Crippen LogP contribution in [0.2, 0.25) is 0 Å². The molecule has 1 aliphatic rings. The van der Waals surface area contributed by atoms with Gasteiger partial charge in [0.15, 0.2) is 0 Å². The highest BCUT2D eigenvalue weighted by molar-refractivity contribution is 5.94. The summed E-state index contributed by atoms with van der Waals surface area (Å²) in [4.78, 5) is 14.6. The Balaban J connectivity index is 1.68. The molecule has 0 radical (unpaired) electrons. The van der Waals surface area contributed by atoms with Crippen LogP contribution < -0.4 is 19.8 Å². The van der Waals surface area contributed by atoms with E-state index < -0.39 is 0 Å². The lowest BCUT2D eigenvalue weighted by molar-refractivity contribution is 0.0955. The van der Waals surface area contributed by atoms with Crippen LogP contribution in [0, 0.1) is 0 Å². The standard InChI is InChI=1S/C29H31N3O3/c1-5-32-26-16-15-24(35-4)19-25(26)29(2,20-21-11-13-23(34-3)14-12-21)27(32)17-18-30-31-28(33)22-9-7-6-8-10-22/h6-19H,5,20H2,1-4H3,(H,31,33)/b27-17-,30-18+. The first-order valence-corrected chi connectivity index (χ1v) is 11.7. The number of ether oxygens (including phenoxy) is 2. The second kappa shape index (κ2) is 10.5. The van der Waals surface area contributed by atoms with Crippen molar-refractivity contribution in [3.05, 3.63) is 101 Å². The van der Waals surface area contributed by atoms with E-state index in [0.29, 0.717) is 5.56 Å². The topological polar surface area (TPSA) is 63.2 Å². The lowest BCUT2D eigenvalue weighted by atomic mass is 9.76. The molecule has 1 aliphatic heterocycles. The van der Waals surface area contributed by atoms with E-state index in [0.717, 1.165) is 35.8 Å². The van der Waals surface area contributed by atoms with Gasteiger partial charge in [0.2, 0.25) is 0 Å². The zero-order valence-electron chi connectivity index (χ0n) is 20.6. The monoisotopic (exact) mass is 469 g/mol. The van der Waals surface area contributed by atoms with E-state index in [1.54, 1.807) is 32.6 Å². The summed E-state index contributed by atoms with van der Waals surface area (Å²) < 4.78 is 10.9. The van der Waals surface area contributed by atoms with Crippen LogP contribution in [0.25, 0.3) is 0 Å². The van der Waals surface area contributed by atoms with Gasteiger partial charge < -0.3 is 14.4 Å². The van der Waals surface area contributed by atoms with E-state index in [1.165, 1.54) is 11.1 Å². The van der Waals surface area contributed by atoms with Crippen molar-refractivity contribution in [2.45, 2.75) is 25.7 Å². The van der Waals surface area contributed by atoms with Crippen LogP contribution in [0.4, 0.5) is 5.69 Å². The smallest absolute Gasteiger partial charge is 0.271 e. The Hall–Kier alpha value is -4.06. The molecule has 1 heterocycles. The van der Waals surface area contributed by atoms with Crippen molar-refractivity contribution in [3.63, 3.8) is 0 Å². The average molecular weight is 470 g/mol. The molecular weight excluding hydrogens is 438 g/mol.